The molecule has 2 aromatic heterocycles. The van der Waals surface area contributed by atoms with Crippen LogP contribution in [-0.4, -0.2) is 26.4 Å². The standard InChI is InChI=1S/C17H14ClF3N4O/c18-10-1-2-13-11(5-10)9(6-22-13)7-25-4-3-14-12(8-25)15(26)24-16(23-14)17(19,20)21/h1-2,5-6,22H,3-4,7-8H2,(H,23,24,26). The van der Waals surface area contributed by atoms with Crippen molar-refractivity contribution in [2.24, 2.45) is 0 Å². The minimum Gasteiger partial charge on any atom is -0.361 e. The minimum absolute atomic E-state index is 0.222. The molecule has 5 nitrogen and oxygen atoms in total. The van der Waals surface area contributed by atoms with E-state index in [0.29, 0.717) is 30.1 Å². The summed E-state index contributed by atoms with van der Waals surface area (Å²) in [6.07, 6.45) is -2.48. The molecule has 3 heterocycles. The van der Waals surface area contributed by atoms with Gasteiger partial charge in [-0.15, -0.1) is 0 Å². The third-order valence-electron chi connectivity index (χ3n) is 4.54. The van der Waals surface area contributed by atoms with Crippen molar-refractivity contribution in [1.29, 1.82) is 0 Å². The minimum atomic E-state index is -4.66. The number of aromatic amines is 2. The number of alkyl halides is 3. The predicted octanol–water partition coefficient (Wildman–Crippen LogP) is 3.48. The SMILES string of the molecule is O=c1[nH]c(C(F)(F)F)nc2c1CN(Cc1c[nH]c3ccc(Cl)cc13)CC2. The number of fused-ring (bicyclic) bond motifs is 2. The highest BCUT2D eigenvalue weighted by Gasteiger charge is 2.36. The average Bonchev–Trinajstić information content (AvgIpc) is 2.96. The molecule has 1 aliphatic rings. The Morgan fingerprint density at radius 2 is 2.12 bits per heavy atom. The zero-order valence-electron chi connectivity index (χ0n) is 13.5. The maximum Gasteiger partial charge on any atom is 0.449 e. The first-order valence-corrected chi connectivity index (χ1v) is 8.36. The zero-order chi connectivity index (χ0) is 18.5. The van der Waals surface area contributed by atoms with E-state index in [9.17, 15) is 18.0 Å². The number of benzene rings is 1. The van der Waals surface area contributed by atoms with E-state index in [1.807, 2.05) is 28.2 Å². The summed E-state index contributed by atoms with van der Waals surface area (Å²) < 4.78 is 38.4. The van der Waals surface area contributed by atoms with Crippen molar-refractivity contribution in [3.63, 3.8) is 0 Å². The van der Waals surface area contributed by atoms with Gasteiger partial charge in [-0.05, 0) is 23.8 Å². The van der Waals surface area contributed by atoms with E-state index in [1.54, 1.807) is 6.07 Å². The highest BCUT2D eigenvalue weighted by Crippen LogP contribution is 2.28. The van der Waals surface area contributed by atoms with E-state index >= 15 is 0 Å². The molecular weight excluding hydrogens is 369 g/mol. The molecule has 0 atom stereocenters. The van der Waals surface area contributed by atoms with E-state index < -0.39 is 17.6 Å². The zero-order valence-corrected chi connectivity index (χ0v) is 14.2. The number of H-pyrrole nitrogens is 2. The summed E-state index contributed by atoms with van der Waals surface area (Å²) in [5.41, 5.74) is 1.76. The molecule has 0 bridgehead atoms. The topological polar surface area (TPSA) is 64.8 Å². The number of aromatic nitrogens is 3. The fourth-order valence-electron chi connectivity index (χ4n) is 3.27. The number of hydrogen-bond acceptors (Lipinski definition) is 3. The molecule has 0 spiro atoms. The Morgan fingerprint density at radius 3 is 2.88 bits per heavy atom. The summed E-state index contributed by atoms with van der Waals surface area (Å²) in [5, 5.41) is 1.62. The Labute approximate surface area is 150 Å². The van der Waals surface area contributed by atoms with Crippen molar-refractivity contribution in [3.8, 4) is 0 Å². The van der Waals surface area contributed by atoms with Gasteiger partial charge in [-0.3, -0.25) is 9.69 Å². The van der Waals surface area contributed by atoms with Gasteiger partial charge in [-0.2, -0.15) is 13.2 Å². The van der Waals surface area contributed by atoms with Gasteiger partial charge < -0.3 is 9.97 Å². The molecule has 0 radical (unpaired) electrons. The molecule has 136 valence electrons. The summed E-state index contributed by atoms with van der Waals surface area (Å²) in [6, 6.07) is 5.55. The van der Waals surface area contributed by atoms with Gasteiger partial charge in [0, 0.05) is 48.2 Å². The van der Waals surface area contributed by atoms with Crippen molar-refractivity contribution >= 4 is 22.5 Å². The largest absolute Gasteiger partial charge is 0.449 e. The maximum absolute atomic E-state index is 12.8. The van der Waals surface area contributed by atoms with Crippen LogP contribution < -0.4 is 5.56 Å². The molecule has 0 amide bonds. The van der Waals surface area contributed by atoms with Crippen LogP contribution in [-0.2, 0) is 25.7 Å². The Hall–Kier alpha value is -2.32. The van der Waals surface area contributed by atoms with Crippen molar-refractivity contribution in [1.82, 2.24) is 19.9 Å². The molecule has 0 fully saturated rings. The van der Waals surface area contributed by atoms with Gasteiger partial charge in [-0.1, -0.05) is 11.6 Å². The van der Waals surface area contributed by atoms with Gasteiger partial charge in [0.05, 0.1) is 11.3 Å². The van der Waals surface area contributed by atoms with Crippen molar-refractivity contribution < 1.29 is 13.2 Å². The van der Waals surface area contributed by atoms with E-state index in [2.05, 4.69) is 9.97 Å². The molecule has 3 aromatic rings. The lowest BCUT2D eigenvalue weighted by Gasteiger charge is -2.27. The van der Waals surface area contributed by atoms with Crippen LogP contribution in [0.1, 0.15) is 22.6 Å². The Morgan fingerprint density at radius 1 is 1.31 bits per heavy atom. The smallest absolute Gasteiger partial charge is 0.361 e. The summed E-state index contributed by atoms with van der Waals surface area (Å²) >= 11 is 6.06. The van der Waals surface area contributed by atoms with Gasteiger partial charge in [0.1, 0.15) is 0 Å². The summed E-state index contributed by atoms with van der Waals surface area (Å²) in [4.78, 5) is 22.7. The second kappa shape index (κ2) is 6.14. The molecule has 1 aliphatic heterocycles. The highest BCUT2D eigenvalue weighted by atomic mass is 35.5. The van der Waals surface area contributed by atoms with E-state index in [0.717, 1.165) is 16.5 Å². The van der Waals surface area contributed by atoms with Crippen LogP contribution in [0, 0.1) is 0 Å². The van der Waals surface area contributed by atoms with Gasteiger partial charge in [0.2, 0.25) is 5.82 Å². The Bertz CT molecular complexity index is 1040. The molecule has 26 heavy (non-hydrogen) atoms. The van der Waals surface area contributed by atoms with Crippen molar-refractivity contribution in [3.05, 3.63) is 62.4 Å². The quantitative estimate of drug-likeness (QED) is 0.713. The van der Waals surface area contributed by atoms with Gasteiger partial charge in [-0.25, -0.2) is 4.98 Å². The molecule has 2 N–H and O–H groups in total. The third-order valence-corrected chi connectivity index (χ3v) is 4.77. The fourth-order valence-corrected chi connectivity index (χ4v) is 3.44. The molecule has 0 saturated carbocycles. The van der Waals surface area contributed by atoms with Crippen LogP contribution in [0.25, 0.3) is 10.9 Å². The maximum atomic E-state index is 12.8. The lowest BCUT2D eigenvalue weighted by Crippen LogP contribution is -2.36. The van der Waals surface area contributed by atoms with Gasteiger partial charge >= 0.3 is 6.18 Å². The molecule has 0 saturated heterocycles. The fraction of sp³-hybridized carbons (Fsp3) is 0.294. The molecule has 4 rings (SSSR count). The molecule has 1 aromatic carbocycles. The second-order valence-corrected chi connectivity index (χ2v) is 6.74. The number of rotatable bonds is 2. The number of halogens is 4. The third kappa shape index (κ3) is 3.10. The van der Waals surface area contributed by atoms with Crippen molar-refractivity contribution in [2.45, 2.75) is 25.7 Å². The van der Waals surface area contributed by atoms with Crippen LogP contribution in [0.15, 0.2) is 29.2 Å². The second-order valence-electron chi connectivity index (χ2n) is 6.30. The number of nitrogens with one attached hydrogen (secondary N) is 2. The Kier molecular flexibility index (Phi) is 4.04. The predicted molar refractivity (Wildman–Crippen MR) is 91.0 cm³/mol. The van der Waals surface area contributed by atoms with Crippen LogP contribution >= 0.6 is 11.6 Å². The van der Waals surface area contributed by atoms with Crippen LogP contribution in [0.3, 0.4) is 0 Å². The van der Waals surface area contributed by atoms with Crippen LogP contribution in [0.2, 0.25) is 5.02 Å². The van der Waals surface area contributed by atoms with E-state index in [4.69, 9.17) is 11.6 Å². The first-order chi connectivity index (χ1) is 12.3. The first-order valence-electron chi connectivity index (χ1n) is 7.98. The van der Waals surface area contributed by atoms with Gasteiger partial charge in [0.25, 0.3) is 5.56 Å². The number of nitrogens with zero attached hydrogens (tertiary/aromatic N) is 2. The lowest BCUT2D eigenvalue weighted by atomic mass is 10.1. The molecular formula is C17H14ClF3N4O. The average molecular weight is 383 g/mol. The van der Waals surface area contributed by atoms with E-state index in [1.165, 1.54) is 0 Å². The first kappa shape index (κ1) is 17.1. The van der Waals surface area contributed by atoms with Crippen LogP contribution in [0.5, 0.6) is 0 Å². The van der Waals surface area contributed by atoms with E-state index in [-0.39, 0.29) is 12.2 Å². The molecule has 0 unspecified atom stereocenters. The monoisotopic (exact) mass is 382 g/mol. The molecule has 9 heteroatoms. The van der Waals surface area contributed by atoms with Crippen molar-refractivity contribution in [2.75, 3.05) is 6.54 Å². The highest BCUT2D eigenvalue weighted by molar-refractivity contribution is 6.31. The summed E-state index contributed by atoms with van der Waals surface area (Å²) in [7, 11) is 0. The summed E-state index contributed by atoms with van der Waals surface area (Å²) in [5.74, 6) is -1.24. The molecule has 0 aliphatic carbocycles. The normalized spacial score (nSPS) is 15.4. The Balaban J connectivity index is 1.61. The number of hydrogen-bond donors (Lipinski definition) is 2. The van der Waals surface area contributed by atoms with Gasteiger partial charge in [0.15, 0.2) is 0 Å². The van der Waals surface area contributed by atoms with Crippen LogP contribution in [0.4, 0.5) is 13.2 Å². The lowest BCUT2D eigenvalue weighted by molar-refractivity contribution is -0.145. The summed E-state index contributed by atoms with van der Waals surface area (Å²) in [6.45, 7) is 1.33.